The van der Waals surface area contributed by atoms with E-state index in [9.17, 15) is 0 Å². The predicted octanol–water partition coefficient (Wildman–Crippen LogP) is 2.02. The number of hydrogen-bond acceptors (Lipinski definition) is 2. The molecule has 0 saturated heterocycles. The largest absolute Gasteiger partial charge is 0.399 e. The third kappa shape index (κ3) is 2.31. The van der Waals surface area contributed by atoms with Crippen LogP contribution in [0.5, 0.6) is 0 Å². The summed E-state index contributed by atoms with van der Waals surface area (Å²) in [6, 6.07) is 7.58. The molecule has 1 heterocycles. The van der Waals surface area contributed by atoms with Crippen LogP contribution in [0.25, 0.3) is 0 Å². The maximum absolute atomic E-state index is 5.71. The van der Waals surface area contributed by atoms with Crippen LogP contribution in [0.4, 0.5) is 5.69 Å². The first-order valence-electron chi connectivity index (χ1n) is 5.45. The summed E-state index contributed by atoms with van der Waals surface area (Å²) in [5, 5.41) is 4.33. The van der Waals surface area contributed by atoms with E-state index < -0.39 is 0 Å². The molecule has 0 unspecified atom stereocenters. The van der Waals surface area contributed by atoms with Crippen molar-refractivity contribution in [2.24, 2.45) is 7.05 Å². The molecule has 2 N–H and O–H groups in total. The lowest BCUT2D eigenvalue weighted by Gasteiger charge is -1.93. The lowest BCUT2D eigenvalue weighted by Crippen LogP contribution is -1.92. The Morgan fingerprint density at radius 3 is 2.59 bits per heavy atom. The van der Waals surface area contributed by atoms with Gasteiger partial charge in [-0.3, -0.25) is 4.68 Å². The second kappa shape index (κ2) is 4.34. The number of nitrogen functional groups attached to an aromatic ring is 1. The van der Waals surface area contributed by atoms with Crippen molar-refractivity contribution >= 4 is 5.69 Å². The molecule has 0 radical (unpaired) electrons. The molecule has 0 spiro atoms. The lowest BCUT2D eigenvalue weighted by atomic mass is 10.1. The zero-order chi connectivity index (χ0) is 12.4. The van der Waals surface area contributed by atoms with Crippen molar-refractivity contribution in [1.82, 2.24) is 9.78 Å². The molecular weight excluding hydrogens is 210 g/mol. The van der Waals surface area contributed by atoms with Crippen LogP contribution in [0.2, 0.25) is 0 Å². The molecule has 3 nitrogen and oxygen atoms in total. The van der Waals surface area contributed by atoms with Gasteiger partial charge in [-0.2, -0.15) is 5.10 Å². The Bertz CT molecular complexity index is 612. The number of nitrogens with two attached hydrogens (primary N) is 1. The van der Waals surface area contributed by atoms with Gasteiger partial charge in [-0.1, -0.05) is 17.9 Å². The van der Waals surface area contributed by atoms with E-state index in [1.165, 1.54) is 0 Å². The summed E-state index contributed by atoms with van der Waals surface area (Å²) in [5.74, 6) is 6.27. The van der Waals surface area contributed by atoms with Crippen LogP contribution in [0.15, 0.2) is 24.3 Å². The highest BCUT2D eigenvalue weighted by Crippen LogP contribution is 2.11. The first-order valence-corrected chi connectivity index (χ1v) is 5.45. The Hall–Kier alpha value is -2.21. The Labute approximate surface area is 101 Å². The molecule has 0 atom stereocenters. The molecule has 0 fully saturated rings. The van der Waals surface area contributed by atoms with Gasteiger partial charge in [0.15, 0.2) is 0 Å². The predicted molar refractivity (Wildman–Crippen MR) is 69.5 cm³/mol. The monoisotopic (exact) mass is 225 g/mol. The Balaban J connectivity index is 2.39. The number of nitrogens with zero attached hydrogens (tertiary/aromatic N) is 2. The van der Waals surface area contributed by atoms with Gasteiger partial charge in [0.05, 0.1) is 17.0 Å². The van der Waals surface area contributed by atoms with E-state index in [1.807, 2.05) is 49.8 Å². The molecule has 0 aliphatic rings. The van der Waals surface area contributed by atoms with Crippen molar-refractivity contribution in [2.45, 2.75) is 13.8 Å². The molecule has 1 aromatic heterocycles. The minimum absolute atomic E-state index is 0.733. The van der Waals surface area contributed by atoms with Crippen molar-refractivity contribution in [3.05, 3.63) is 46.8 Å². The van der Waals surface area contributed by atoms with Crippen molar-refractivity contribution < 1.29 is 0 Å². The van der Waals surface area contributed by atoms with Crippen LogP contribution in [0, 0.1) is 25.7 Å². The van der Waals surface area contributed by atoms with Gasteiger partial charge in [0.1, 0.15) is 0 Å². The summed E-state index contributed by atoms with van der Waals surface area (Å²) < 4.78 is 1.85. The fraction of sp³-hybridized carbons (Fsp3) is 0.214. The highest BCUT2D eigenvalue weighted by molar-refractivity contribution is 5.51. The third-order valence-electron chi connectivity index (χ3n) is 2.73. The molecular formula is C14H15N3. The molecule has 3 heteroatoms. The average Bonchev–Trinajstić information content (AvgIpc) is 2.51. The zero-order valence-corrected chi connectivity index (χ0v) is 10.3. The first kappa shape index (κ1) is 11.3. The van der Waals surface area contributed by atoms with Gasteiger partial charge in [0.25, 0.3) is 0 Å². The standard InChI is InChI=1S/C14H15N3/c1-10-14(11(2)17(3)16-10)8-7-12-5-4-6-13(15)9-12/h4-6,9H,15H2,1-3H3. The van der Waals surface area contributed by atoms with Gasteiger partial charge in [0, 0.05) is 18.3 Å². The van der Waals surface area contributed by atoms with Crippen LogP contribution in [0.3, 0.4) is 0 Å². The van der Waals surface area contributed by atoms with Crippen LogP contribution in [-0.4, -0.2) is 9.78 Å². The summed E-state index contributed by atoms with van der Waals surface area (Å²) >= 11 is 0. The van der Waals surface area contributed by atoms with Gasteiger partial charge in [0.2, 0.25) is 0 Å². The lowest BCUT2D eigenvalue weighted by molar-refractivity contribution is 0.731. The molecule has 0 saturated carbocycles. The third-order valence-corrected chi connectivity index (χ3v) is 2.73. The first-order chi connectivity index (χ1) is 8.08. The molecule has 2 rings (SSSR count). The molecule has 0 bridgehead atoms. The van der Waals surface area contributed by atoms with Gasteiger partial charge in [-0.05, 0) is 32.0 Å². The van der Waals surface area contributed by atoms with Crippen LogP contribution in [-0.2, 0) is 7.05 Å². The van der Waals surface area contributed by atoms with E-state index >= 15 is 0 Å². The molecule has 0 amide bonds. The van der Waals surface area contributed by atoms with Crippen molar-refractivity contribution in [2.75, 3.05) is 5.73 Å². The molecule has 86 valence electrons. The van der Waals surface area contributed by atoms with E-state index in [-0.39, 0.29) is 0 Å². The maximum atomic E-state index is 5.71. The van der Waals surface area contributed by atoms with Gasteiger partial charge in [-0.15, -0.1) is 0 Å². The molecule has 1 aromatic carbocycles. The van der Waals surface area contributed by atoms with Crippen LogP contribution < -0.4 is 5.73 Å². The summed E-state index contributed by atoms with van der Waals surface area (Å²) in [6.45, 7) is 3.99. The van der Waals surface area contributed by atoms with Crippen LogP contribution >= 0.6 is 0 Å². The van der Waals surface area contributed by atoms with Gasteiger partial charge in [-0.25, -0.2) is 0 Å². The number of aromatic nitrogens is 2. The van der Waals surface area contributed by atoms with E-state index in [2.05, 4.69) is 16.9 Å². The SMILES string of the molecule is Cc1nn(C)c(C)c1C#Cc1cccc(N)c1. The van der Waals surface area contributed by atoms with E-state index in [0.717, 1.165) is 28.2 Å². The Morgan fingerprint density at radius 2 is 2.00 bits per heavy atom. The number of aryl methyl sites for hydroxylation is 2. The van der Waals surface area contributed by atoms with Crippen molar-refractivity contribution in [3.63, 3.8) is 0 Å². The number of anilines is 1. The van der Waals surface area contributed by atoms with Crippen molar-refractivity contribution in [3.8, 4) is 11.8 Å². The second-order valence-electron chi connectivity index (χ2n) is 4.04. The molecule has 2 aromatic rings. The molecule has 17 heavy (non-hydrogen) atoms. The summed E-state index contributed by atoms with van der Waals surface area (Å²) in [5.41, 5.74) is 10.4. The smallest absolute Gasteiger partial charge is 0.0753 e. The summed E-state index contributed by atoms with van der Waals surface area (Å²) in [7, 11) is 1.92. The Morgan fingerprint density at radius 1 is 1.24 bits per heavy atom. The summed E-state index contributed by atoms with van der Waals surface area (Å²) in [6.07, 6.45) is 0. The quantitative estimate of drug-likeness (QED) is 0.550. The highest BCUT2D eigenvalue weighted by atomic mass is 15.3. The maximum Gasteiger partial charge on any atom is 0.0753 e. The average molecular weight is 225 g/mol. The number of rotatable bonds is 0. The summed E-state index contributed by atoms with van der Waals surface area (Å²) in [4.78, 5) is 0. The number of benzene rings is 1. The van der Waals surface area contributed by atoms with E-state index in [1.54, 1.807) is 0 Å². The van der Waals surface area contributed by atoms with E-state index in [0.29, 0.717) is 0 Å². The fourth-order valence-electron chi connectivity index (χ4n) is 1.71. The second-order valence-corrected chi connectivity index (χ2v) is 4.04. The Kier molecular flexibility index (Phi) is 2.88. The molecule has 0 aliphatic carbocycles. The van der Waals surface area contributed by atoms with E-state index in [4.69, 9.17) is 5.73 Å². The van der Waals surface area contributed by atoms with Crippen LogP contribution in [0.1, 0.15) is 22.5 Å². The highest BCUT2D eigenvalue weighted by Gasteiger charge is 2.05. The fourth-order valence-corrected chi connectivity index (χ4v) is 1.71. The normalized spacial score (nSPS) is 9.82. The van der Waals surface area contributed by atoms with Gasteiger partial charge < -0.3 is 5.73 Å². The van der Waals surface area contributed by atoms with Gasteiger partial charge >= 0.3 is 0 Å². The topological polar surface area (TPSA) is 43.8 Å². The minimum Gasteiger partial charge on any atom is -0.399 e. The molecule has 0 aliphatic heterocycles. The van der Waals surface area contributed by atoms with Crippen molar-refractivity contribution in [1.29, 1.82) is 0 Å². The number of hydrogen-bond donors (Lipinski definition) is 1. The zero-order valence-electron chi connectivity index (χ0n) is 10.3. The minimum atomic E-state index is 0.733.